The van der Waals surface area contributed by atoms with Gasteiger partial charge in [0.15, 0.2) is 0 Å². The minimum atomic E-state index is -0.148. The monoisotopic (exact) mass is 332 g/mol. The van der Waals surface area contributed by atoms with E-state index < -0.39 is 0 Å². The molecular formula is C20H20N4O. The molecule has 0 unspecified atom stereocenters. The Labute approximate surface area is 146 Å². The summed E-state index contributed by atoms with van der Waals surface area (Å²) in [5.74, 6) is -0.148. The number of amides is 1. The first kappa shape index (κ1) is 15.7. The number of nitrogens with zero attached hydrogens (tertiary/aromatic N) is 3. The van der Waals surface area contributed by atoms with Gasteiger partial charge >= 0.3 is 0 Å². The molecule has 2 heterocycles. The number of likely N-dealkylation sites (tertiary alicyclic amines) is 1. The van der Waals surface area contributed by atoms with Crippen molar-refractivity contribution < 1.29 is 4.79 Å². The molecule has 0 aliphatic carbocycles. The molecular weight excluding hydrogens is 312 g/mol. The summed E-state index contributed by atoms with van der Waals surface area (Å²) in [5, 5.41) is 3.09. The van der Waals surface area contributed by atoms with E-state index in [0.29, 0.717) is 5.69 Å². The molecule has 1 aliphatic rings. The van der Waals surface area contributed by atoms with Crippen LogP contribution in [0.4, 0.5) is 0 Å². The van der Waals surface area contributed by atoms with Crippen LogP contribution < -0.4 is 5.32 Å². The van der Waals surface area contributed by atoms with E-state index in [1.165, 1.54) is 5.56 Å². The van der Waals surface area contributed by atoms with Gasteiger partial charge < -0.3 is 5.32 Å². The van der Waals surface area contributed by atoms with Crippen molar-refractivity contribution in [2.24, 2.45) is 0 Å². The normalized spacial score (nSPS) is 17.7. The van der Waals surface area contributed by atoms with Crippen LogP contribution in [0.2, 0.25) is 0 Å². The second-order valence-corrected chi connectivity index (χ2v) is 6.42. The number of nitrogens with one attached hydrogen (secondary N) is 1. The molecule has 5 heteroatoms. The Balaban J connectivity index is 1.37. The number of rotatable bonds is 4. The van der Waals surface area contributed by atoms with E-state index in [1.54, 1.807) is 6.20 Å². The number of fused-ring (bicyclic) bond motifs is 1. The van der Waals surface area contributed by atoms with Gasteiger partial charge in [0.25, 0.3) is 5.91 Å². The Morgan fingerprint density at radius 3 is 2.68 bits per heavy atom. The molecule has 2 aromatic carbocycles. The Morgan fingerprint density at radius 2 is 1.84 bits per heavy atom. The lowest BCUT2D eigenvalue weighted by molar-refractivity contribution is 0.0932. The standard InChI is InChI=1S/C20H20N4O/c25-20(19-12-21-17-8-4-5-9-18(17)23-19)22-16-10-11-24(14-16)13-15-6-2-1-3-7-15/h1-9,12,16H,10-11,13-14H2,(H,22,25)/t16-/m1/s1. The smallest absolute Gasteiger partial charge is 0.271 e. The van der Waals surface area contributed by atoms with Gasteiger partial charge in [-0.25, -0.2) is 4.98 Å². The quantitative estimate of drug-likeness (QED) is 0.798. The van der Waals surface area contributed by atoms with E-state index in [2.05, 4.69) is 44.5 Å². The second kappa shape index (κ2) is 6.99. The first-order chi connectivity index (χ1) is 12.3. The minimum absolute atomic E-state index is 0.148. The predicted molar refractivity (Wildman–Crippen MR) is 97.1 cm³/mol. The number of carbonyl (C=O) groups excluding carboxylic acids is 1. The molecule has 126 valence electrons. The van der Waals surface area contributed by atoms with Crippen molar-refractivity contribution in [1.82, 2.24) is 20.2 Å². The van der Waals surface area contributed by atoms with Crippen molar-refractivity contribution in [3.63, 3.8) is 0 Å². The lowest BCUT2D eigenvalue weighted by atomic mass is 10.2. The molecule has 5 nitrogen and oxygen atoms in total. The van der Waals surface area contributed by atoms with Gasteiger partial charge in [-0.2, -0.15) is 0 Å². The van der Waals surface area contributed by atoms with E-state index in [-0.39, 0.29) is 11.9 Å². The van der Waals surface area contributed by atoms with E-state index >= 15 is 0 Å². The maximum Gasteiger partial charge on any atom is 0.271 e. The molecule has 1 saturated heterocycles. The van der Waals surface area contributed by atoms with Crippen molar-refractivity contribution in [3.8, 4) is 0 Å². The topological polar surface area (TPSA) is 58.1 Å². The van der Waals surface area contributed by atoms with Crippen molar-refractivity contribution in [2.45, 2.75) is 19.0 Å². The highest BCUT2D eigenvalue weighted by atomic mass is 16.2. The second-order valence-electron chi connectivity index (χ2n) is 6.42. The number of benzene rings is 2. The van der Waals surface area contributed by atoms with Crippen molar-refractivity contribution in [1.29, 1.82) is 0 Å². The molecule has 3 aromatic rings. The summed E-state index contributed by atoms with van der Waals surface area (Å²) in [6.45, 7) is 2.77. The predicted octanol–water partition coefficient (Wildman–Crippen LogP) is 2.63. The summed E-state index contributed by atoms with van der Waals surface area (Å²) in [6, 6.07) is 18.1. The Kier molecular flexibility index (Phi) is 4.39. The Morgan fingerprint density at radius 1 is 1.08 bits per heavy atom. The fourth-order valence-corrected chi connectivity index (χ4v) is 3.26. The number of hydrogen-bond donors (Lipinski definition) is 1. The summed E-state index contributed by atoms with van der Waals surface area (Å²) in [4.78, 5) is 23.6. The molecule has 4 rings (SSSR count). The van der Waals surface area contributed by atoms with Crippen LogP contribution in [-0.2, 0) is 6.54 Å². The first-order valence-electron chi connectivity index (χ1n) is 8.57. The average molecular weight is 332 g/mol. The molecule has 1 amide bonds. The van der Waals surface area contributed by atoms with E-state index in [0.717, 1.165) is 37.1 Å². The van der Waals surface area contributed by atoms with Crippen LogP contribution in [-0.4, -0.2) is 39.9 Å². The lowest BCUT2D eigenvalue weighted by Crippen LogP contribution is -2.37. The molecule has 0 saturated carbocycles. The summed E-state index contributed by atoms with van der Waals surface area (Å²) >= 11 is 0. The van der Waals surface area contributed by atoms with E-state index in [4.69, 9.17) is 0 Å². The van der Waals surface area contributed by atoms with Crippen molar-refractivity contribution in [3.05, 3.63) is 72.1 Å². The van der Waals surface area contributed by atoms with Crippen molar-refractivity contribution in [2.75, 3.05) is 13.1 Å². The zero-order valence-electron chi connectivity index (χ0n) is 13.9. The third kappa shape index (κ3) is 3.67. The molecule has 1 fully saturated rings. The highest BCUT2D eigenvalue weighted by Gasteiger charge is 2.24. The van der Waals surface area contributed by atoms with Gasteiger partial charge in [-0.1, -0.05) is 42.5 Å². The number of aromatic nitrogens is 2. The van der Waals surface area contributed by atoms with Gasteiger partial charge in [0, 0.05) is 25.7 Å². The number of para-hydroxylation sites is 2. The molecule has 1 atom stereocenters. The van der Waals surface area contributed by atoms with Gasteiger partial charge in [-0.3, -0.25) is 14.7 Å². The SMILES string of the molecule is O=C(N[C@@H]1CCN(Cc2ccccc2)C1)c1cnc2ccccc2n1. The van der Waals surface area contributed by atoms with Crippen LogP contribution >= 0.6 is 0 Å². The molecule has 25 heavy (non-hydrogen) atoms. The van der Waals surface area contributed by atoms with Crippen LogP contribution in [0.15, 0.2) is 60.8 Å². The summed E-state index contributed by atoms with van der Waals surface area (Å²) in [6.07, 6.45) is 2.51. The average Bonchev–Trinajstić information content (AvgIpc) is 3.09. The molecule has 1 N–H and O–H groups in total. The highest BCUT2D eigenvalue weighted by molar-refractivity contribution is 5.93. The van der Waals surface area contributed by atoms with Gasteiger partial charge in [-0.15, -0.1) is 0 Å². The van der Waals surface area contributed by atoms with Gasteiger partial charge in [0.1, 0.15) is 5.69 Å². The Bertz CT molecular complexity index is 881. The molecule has 1 aliphatic heterocycles. The maximum absolute atomic E-state index is 12.5. The largest absolute Gasteiger partial charge is 0.347 e. The third-order valence-electron chi connectivity index (χ3n) is 4.54. The van der Waals surface area contributed by atoms with E-state index in [1.807, 2.05) is 30.3 Å². The van der Waals surface area contributed by atoms with Gasteiger partial charge in [0.05, 0.1) is 17.2 Å². The van der Waals surface area contributed by atoms with Crippen LogP contribution in [0.5, 0.6) is 0 Å². The fraction of sp³-hybridized carbons (Fsp3) is 0.250. The molecule has 1 aromatic heterocycles. The van der Waals surface area contributed by atoms with Gasteiger partial charge in [-0.05, 0) is 24.1 Å². The Hall–Kier alpha value is -2.79. The molecule has 0 spiro atoms. The fourth-order valence-electron chi connectivity index (χ4n) is 3.26. The first-order valence-corrected chi connectivity index (χ1v) is 8.57. The van der Waals surface area contributed by atoms with Gasteiger partial charge in [0.2, 0.25) is 0 Å². The number of hydrogen-bond acceptors (Lipinski definition) is 4. The zero-order valence-corrected chi connectivity index (χ0v) is 13.9. The molecule has 0 bridgehead atoms. The van der Waals surface area contributed by atoms with Crippen LogP contribution in [0, 0.1) is 0 Å². The van der Waals surface area contributed by atoms with Crippen LogP contribution in [0.1, 0.15) is 22.5 Å². The number of carbonyl (C=O) groups is 1. The summed E-state index contributed by atoms with van der Waals surface area (Å²) < 4.78 is 0. The van der Waals surface area contributed by atoms with Crippen molar-refractivity contribution >= 4 is 16.9 Å². The summed E-state index contributed by atoms with van der Waals surface area (Å²) in [7, 11) is 0. The van der Waals surface area contributed by atoms with Crippen LogP contribution in [0.3, 0.4) is 0 Å². The molecule has 0 radical (unpaired) electrons. The third-order valence-corrected chi connectivity index (χ3v) is 4.54. The highest BCUT2D eigenvalue weighted by Crippen LogP contribution is 2.14. The van der Waals surface area contributed by atoms with Crippen LogP contribution in [0.25, 0.3) is 11.0 Å². The minimum Gasteiger partial charge on any atom is -0.347 e. The maximum atomic E-state index is 12.5. The zero-order chi connectivity index (χ0) is 17.1. The lowest BCUT2D eigenvalue weighted by Gasteiger charge is -2.16. The van der Waals surface area contributed by atoms with E-state index in [9.17, 15) is 4.79 Å². The summed E-state index contributed by atoms with van der Waals surface area (Å²) in [5.41, 5.74) is 3.22.